The molecule has 0 aliphatic heterocycles. The number of hydrogen-bond acceptors (Lipinski definition) is 3. The molecular formula is C10H7NOS. The standard InChI is InChI=1S/C10H7NOS/c1-6-4-7-2-3-13-10(7)8(5-11)9(6)12/h2-4,12H,1H3. The van der Waals surface area contributed by atoms with Crippen molar-refractivity contribution >= 4 is 21.4 Å². The number of thiophene rings is 1. The van der Waals surface area contributed by atoms with Crippen molar-refractivity contribution in [3.8, 4) is 11.8 Å². The van der Waals surface area contributed by atoms with Gasteiger partial charge >= 0.3 is 0 Å². The molecule has 0 amide bonds. The lowest BCUT2D eigenvalue weighted by atomic mass is 10.1. The first kappa shape index (κ1) is 8.09. The molecule has 0 radical (unpaired) electrons. The van der Waals surface area contributed by atoms with Crippen LogP contribution in [0.4, 0.5) is 0 Å². The summed E-state index contributed by atoms with van der Waals surface area (Å²) in [6, 6.07) is 5.87. The molecule has 13 heavy (non-hydrogen) atoms. The van der Waals surface area contributed by atoms with E-state index in [-0.39, 0.29) is 5.75 Å². The lowest BCUT2D eigenvalue weighted by Gasteiger charge is -2.01. The maximum absolute atomic E-state index is 9.60. The zero-order valence-electron chi connectivity index (χ0n) is 7.03. The third-order valence-electron chi connectivity index (χ3n) is 2.02. The van der Waals surface area contributed by atoms with Gasteiger partial charge in [0.2, 0.25) is 0 Å². The van der Waals surface area contributed by atoms with Crippen molar-refractivity contribution in [2.75, 3.05) is 0 Å². The van der Waals surface area contributed by atoms with Crippen LogP contribution in [0.2, 0.25) is 0 Å². The van der Waals surface area contributed by atoms with Crippen LogP contribution in [0.1, 0.15) is 11.1 Å². The Morgan fingerprint density at radius 3 is 3.00 bits per heavy atom. The zero-order chi connectivity index (χ0) is 9.42. The molecule has 1 heterocycles. The molecule has 1 aromatic carbocycles. The molecule has 0 atom stereocenters. The van der Waals surface area contributed by atoms with E-state index in [1.807, 2.05) is 23.6 Å². The third-order valence-corrected chi connectivity index (χ3v) is 2.96. The molecule has 1 aromatic heterocycles. The van der Waals surface area contributed by atoms with Crippen LogP contribution in [0, 0.1) is 18.3 Å². The lowest BCUT2D eigenvalue weighted by molar-refractivity contribution is 0.470. The minimum Gasteiger partial charge on any atom is -0.506 e. The first-order valence-electron chi connectivity index (χ1n) is 3.84. The average Bonchev–Trinajstić information content (AvgIpc) is 2.54. The van der Waals surface area contributed by atoms with Gasteiger partial charge in [-0.25, -0.2) is 0 Å². The number of benzene rings is 1. The molecule has 2 nitrogen and oxygen atoms in total. The normalized spacial score (nSPS) is 10.2. The Balaban J connectivity index is 2.98. The molecule has 0 spiro atoms. The van der Waals surface area contributed by atoms with Gasteiger partial charge in [0.05, 0.1) is 4.70 Å². The highest BCUT2D eigenvalue weighted by atomic mass is 32.1. The summed E-state index contributed by atoms with van der Waals surface area (Å²) in [4.78, 5) is 0. The van der Waals surface area contributed by atoms with Gasteiger partial charge in [-0.05, 0) is 35.4 Å². The summed E-state index contributed by atoms with van der Waals surface area (Å²) >= 11 is 1.48. The van der Waals surface area contributed by atoms with Crippen molar-refractivity contribution in [1.82, 2.24) is 0 Å². The van der Waals surface area contributed by atoms with Crippen LogP contribution in [-0.4, -0.2) is 5.11 Å². The molecular weight excluding hydrogens is 182 g/mol. The van der Waals surface area contributed by atoms with E-state index in [1.54, 1.807) is 6.92 Å². The fourth-order valence-electron chi connectivity index (χ4n) is 1.35. The molecule has 2 aromatic rings. The van der Waals surface area contributed by atoms with Crippen LogP contribution >= 0.6 is 11.3 Å². The van der Waals surface area contributed by atoms with Crippen molar-refractivity contribution in [3.63, 3.8) is 0 Å². The monoisotopic (exact) mass is 189 g/mol. The molecule has 0 saturated carbocycles. The highest BCUT2D eigenvalue weighted by Crippen LogP contribution is 2.33. The number of phenols is 1. The number of fused-ring (bicyclic) bond motifs is 1. The first-order chi connectivity index (χ1) is 6.24. The van der Waals surface area contributed by atoms with Crippen LogP contribution in [0.15, 0.2) is 17.5 Å². The molecule has 0 aliphatic carbocycles. The number of phenolic OH excluding ortho intramolecular Hbond substituents is 1. The van der Waals surface area contributed by atoms with E-state index < -0.39 is 0 Å². The maximum atomic E-state index is 9.60. The van der Waals surface area contributed by atoms with Crippen molar-refractivity contribution < 1.29 is 5.11 Å². The predicted molar refractivity (Wildman–Crippen MR) is 52.9 cm³/mol. The fourth-order valence-corrected chi connectivity index (χ4v) is 2.22. The first-order valence-corrected chi connectivity index (χ1v) is 4.72. The SMILES string of the molecule is Cc1cc2ccsc2c(C#N)c1O. The van der Waals surface area contributed by atoms with E-state index in [9.17, 15) is 5.11 Å². The van der Waals surface area contributed by atoms with Gasteiger partial charge in [0, 0.05) is 0 Å². The summed E-state index contributed by atoms with van der Waals surface area (Å²) in [5, 5.41) is 21.4. The number of nitriles is 1. The van der Waals surface area contributed by atoms with Gasteiger partial charge in [-0.1, -0.05) is 0 Å². The van der Waals surface area contributed by atoms with Crippen molar-refractivity contribution in [2.24, 2.45) is 0 Å². The van der Waals surface area contributed by atoms with Gasteiger partial charge < -0.3 is 5.11 Å². The van der Waals surface area contributed by atoms with Gasteiger partial charge in [0.25, 0.3) is 0 Å². The Morgan fingerprint density at radius 1 is 1.54 bits per heavy atom. The van der Waals surface area contributed by atoms with Crippen molar-refractivity contribution in [1.29, 1.82) is 5.26 Å². The highest BCUT2D eigenvalue weighted by molar-refractivity contribution is 7.17. The minimum absolute atomic E-state index is 0.109. The summed E-state index contributed by atoms with van der Waals surface area (Å²) in [6.07, 6.45) is 0. The third kappa shape index (κ3) is 1.07. The Morgan fingerprint density at radius 2 is 2.31 bits per heavy atom. The van der Waals surface area contributed by atoms with Gasteiger partial charge in [0.15, 0.2) is 0 Å². The van der Waals surface area contributed by atoms with E-state index in [2.05, 4.69) is 0 Å². The lowest BCUT2D eigenvalue weighted by Crippen LogP contribution is -1.81. The summed E-state index contributed by atoms with van der Waals surface area (Å²) in [7, 11) is 0. The summed E-state index contributed by atoms with van der Waals surface area (Å²) in [5.41, 5.74) is 1.15. The van der Waals surface area contributed by atoms with Crippen LogP contribution in [0.5, 0.6) is 5.75 Å². The molecule has 64 valence electrons. The minimum atomic E-state index is 0.109. The average molecular weight is 189 g/mol. The largest absolute Gasteiger partial charge is 0.506 e. The van der Waals surface area contributed by atoms with Gasteiger partial charge in [-0.3, -0.25) is 0 Å². The molecule has 0 fully saturated rings. The highest BCUT2D eigenvalue weighted by Gasteiger charge is 2.10. The van der Waals surface area contributed by atoms with Crippen molar-refractivity contribution in [2.45, 2.75) is 6.92 Å². The van der Waals surface area contributed by atoms with E-state index in [0.29, 0.717) is 5.56 Å². The van der Waals surface area contributed by atoms with E-state index in [0.717, 1.165) is 15.6 Å². The van der Waals surface area contributed by atoms with E-state index in [1.165, 1.54) is 11.3 Å². The van der Waals surface area contributed by atoms with Gasteiger partial charge in [0.1, 0.15) is 17.4 Å². The fraction of sp³-hybridized carbons (Fsp3) is 0.100. The number of aryl methyl sites for hydroxylation is 1. The summed E-state index contributed by atoms with van der Waals surface area (Å²) in [5.74, 6) is 0.109. The molecule has 3 heteroatoms. The van der Waals surface area contributed by atoms with Gasteiger partial charge in [-0.2, -0.15) is 5.26 Å². The second-order valence-electron chi connectivity index (χ2n) is 2.87. The molecule has 0 bridgehead atoms. The number of nitrogens with zero attached hydrogens (tertiary/aromatic N) is 1. The summed E-state index contributed by atoms with van der Waals surface area (Å²) < 4.78 is 0.866. The van der Waals surface area contributed by atoms with Gasteiger partial charge in [-0.15, -0.1) is 11.3 Å². The van der Waals surface area contributed by atoms with E-state index in [4.69, 9.17) is 5.26 Å². The van der Waals surface area contributed by atoms with E-state index >= 15 is 0 Å². The van der Waals surface area contributed by atoms with Crippen LogP contribution in [0.3, 0.4) is 0 Å². The Labute approximate surface area is 79.7 Å². The Bertz CT molecular complexity index is 507. The maximum Gasteiger partial charge on any atom is 0.137 e. The topological polar surface area (TPSA) is 44.0 Å². The molecule has 1 N–H and O–H groups in total. The van der Waals surface area contributed by atoms with Crippen molar-refractivity contribution in [3.05, 3.63) is 28.6 Å². The smallest absolute Gasteiger partial charge is 0.137 e. The number of hydrogen-bond donors (Lipinski definition) is 1. The van der Waals surface area contributed by atoms with Crippen LogP contribution in [0.25, 0.3) is 10.1 Å². The van der Waals surface area contributed by atoms with Crippen LogP contribution in [-0.2, 0) is 0 Å². The Hall–Kier alpha value is -1.53. The molecule has 0 saturated heterocycles. The molecule has 0 unspecified atom stereocenters. The number of rotatable bonds is 0. The predicted octanol–water partition coefficient (Wildman–Crippen LogP) is 2.79. The molecule has 2 rings (SSSR count). The number of aromatic hydroxyl groups is 1. The zero-order valence-corrected chi connectivity index (χ0v) is 7.85. The summed E-state index contributed by atoms with van der Waals surface area (Å²) in [6.45, 7) is 1.80. The molecule has 0 aliphatic rings. The second kappa shape index (κ2) is 2.75. The second-order valence-corrected chi connectivity index (χ2v) is 3.78. The quantitative estimate of drug-likeness (QED) is 0.692. The van der Waals surface area contributed by atoms with Crippen LogP contribution < -0.4 is 0 Å². The Kier molecular flexibility index (Phi) is 1.71.